The zero-order chi connectivity index (χ0) is 18.7. The lowest BCUT2D eigenvalue weighted by atomic mass is 10.1. The standard InChI is InChI=1S/C18H16F2N4OS/c1-11-9-12(16(19)20)13(10-21)17(22-11)26-8-4-7-24-15-6-3-2-5-14(15)23-18(24)25/h2-3,5-6,9,16H,4,7-8H2,1H3,(H,23,25). The van der Waals surface area contributed by atoms with Crippen LogP contribution in [0.5, 0.6) is 0 Å². The first kappa shape index (κ1) is 18.1. The molecule has 2 aromatic heterocycles. The molecule has 0 aliphatic heterocycles. The molecule has 3 rings (SSSR count). The molecule has 26 heavy (non-hydrogen) atoms. The van der Waals surface area contributed by atoms with Gasteiger partial charge in [0.1, 0.15) is 11.1 Å². The second kappa shape index (κ2) is 7.70. The van der Waals surface area contributed by atoms with Crippen LogP contribution in [0.4, 0.5) is 8.78 Å². The molecule has 0 amide bonds. The second-order valence-electron chi connectivity index (χ2n) is 5.75. The maximum atomic E-state index is 13.1. The van der Waals surface area contributed by atoms with E-state index in [0.717, 1.165) is 11.0 Å². The Morgan fingerprint density at radius 1 is 1.38 bits per heavy atom. The van der Waals surface area contributed by atoms with Gasteiger partial charge in [-0.2, -0.15) is 5.26 Å². The normalized spacial score (nSPS) is 11.2. The number of alkyl halides is 2. The van der Waals surface area contributed by atoms with Crippen molar-refractivity contribution in [1.29, 1.82) is 5.26 Å². The van der Waals surface area contributed by atoms with Crippen molar-refractivity contribution in [3.8, 4) is 6.07 Å². The van der Waals surface area contributed by atoms with Crippen molar-refractivity contribution < 1.29 is 8.78 Å². The maximum absolute atomic E-state index is 13.1. The van der Waals surface area contributed by atoms with Crippen LogP contribution in [0.1, 0.15) is 29.7 Å². The number of aryl methyl sites for hydroxylation is 2. The highest BCUT2D eigenvalue weighted by Gasteiger charge is 2.18. The van der Waals surface area contributed by atoms with Crippen molar-refractivity contribution in [3.63, 3.8) is 0 Å². The monoisotopic (exact) mass is 374 g/mol. The molecule has 0 bridgehead atoms. The van der Waals surface area contributed by atoms with E-state index < -0.39 is 6.43 Å². The molecule has 0 unspecified atom stereocenters. The third-order valence-corrected chi connectivity index (χ3v) is 5.00. The molecule has 0 spiro atoms. The predicted molar refractivity (Wildman–Crippen MR) is 96.5 cm³/mol. The Morgan fingerprint density at radius 2 is 2.15 bits per heavy atom. The number of fused-ring (bicyclic) bond motifs is 1. The van der Waals surface area contributed by atoms with Gasteiger partial charge >= 0.3 is 5.69 Å². The molecule has 0 radical (unpaired) electrons. The number of halogens is 2. The lowest BCUT2D eigenvalue weighted by molar-refractivity contribution is 0.150. The average Bonchev–Trinajstić information content (AvgIpc) is 2.93. The Labute approximate surface area is 152 Å². The topological polar surface area (TPSA) is 74.5 Å². The summed E-state index contributed by atoms with van der Waals surface area (Å²) in [6, 6.07) is 10.5. The lowest BCUT2D eigenvalue weighted by Gasteiger charge is -2.09. The minimum absolute atomic E-state index is 0.0696. The summed E-state index contributed by atoms with van der Waals surface area (Å²) in [6.07, 6.45) is -2.08. The summed E-state index contributed by atoms with van der Waals surface area (Å²) >= 11 is 1.26. The number of hydrogen-bond donors (Lipinski definition) is 1. The van der Waals surface area contributed by atoms with Gasteiger partial charge in [-0.1, -0.05) is 12.1 Å². The van der Waals surface area contributed by atoms with E-state index in [4.69, 9.17) is 0 Å². The summed E-state index contributed by atoms with van der Waals surface area (Å²) in [6.45, 7) is 2.12. The smallest absolute Gasteiger partial charge is 0.306 e. The molecule has 0 saturated heterocycles. The first-order valence-electron chi connectivity index (χ1n) is 8.01. The molecule has 3 aromatic rings. The number of imidazole rings is 1. The first-order chi connectivity index (χ1) is 12.5. The van der Waals surface area contributed by atoms with Gasteiger partial charge in [-0.3, -0.25) is 4.57 Å². The van der Waals surface area contributed by atoms with Gasteiger partial charge in [0.15, 0.2) is 0 Å². The van der Waals surface area contributed by atoms with Gasteiger partial charge in [-0.25, -0.2) is 18.6 Å². The summed E-state index contributed by atoms with van der Waals surface area (Å²) in [7, 11) is 0. The van der Waals surface area contributed by atoms with Crippen molar-refractivity contribution in [3.05, 3.63) is 57.6 Å². The number of pyridine rings is 1. The van der Waals surface area contributed by atoms with E-state index >= 15 is 0 Å². The molecular weight excluding hydrogens is 358 g/mol. The number of rotatable bonds is 6. The number of benzene rings is 1. The number of nitriles is 1. The fourth-order valence-corrected chi connectivity index (χ4v) is 3.76. The SMILES string of the molecule is Cc1cc(C(F)F)c(C#N)c(SCCCn2c(=O)[nH]c3ccccc32)n1. The van der Waals surface area contributed by atoms with E-state index in [1.807, 2.05) is 30.3 Å². The van der Waals surface area contributed by atoms with Crippen LogP contribution in [0.15, 0.2) is 40.2 Å². The number of H-pyrrole nitrogens is 1. The third kappa shape index (κ3) is 3.63. The molecule has 0 atom stereocenters. The Hall–Kier alpha value is -2.66. The highest BCUT2D eigenvalue weighted by atomic mass is 32.2. The van der Waals surface area contributed by atoms with Gasteiger partial charge < -0.3 is 4.98 Å². The van der Waals surface area contributed by atoms with Crippen LogP contribution in [-0.4, -0.2) is 20.3 Å². The summed E-state index contributed by atoms with van der Waals surface area (Å²) in [5.74, 6) is 0.555. The van der Waals surface area contributed by atoms with E-state index in [1.54, 1.807) is 11.5 Å². The van der Waals surface area contributed by atoms with Crippen LogP contribution in [-0.2, 0) is 6.54 Å². The average molecular weight is 374 g/mol. The number of aromatic amines is 1. The first-order valence-corrected chi connectivity index (χ1v) is 9.00. The van der Waals surface area contributed by atoms with Crippen LogP contribution in [0.2, 0.25) is 0 Å². The van der Waals surface area contributed by atoms with Gasteiger partial charge in [0.2, 0.25) is 0 Å². The van der Waals surface area contributed by atoms with Crippen LogP contribution >= 0.6 is 11.8 Å². The number of hydrogen-bond acceptors (Lipinski definition) is 4. The Kier molecular flexibility index (Phi) is 5.38. The van der Waals surface area contributed by atoms with Crippen molar-refractivity contribution in [1.82, 2.24) is 14.5 Å². The van der Waals surface area contributed by atoms with Gasteiger partial charge in [-0.05, 0) is 31.5 Å². The highest BCUT2D eigenvalue weighted by molar-refractivity contribution is 7.99. The fraction of sp³-hybridized carbons (Fsp3) is 0.278. The number of thioether (sulfide) groups is 1. The van der Waals surface area contributed by atoms with Crippen LogP contribution < -0.4 is 5.69 Å². The summed E-state index contributed by atoms with van der Waals surface area (Å²) < 4.78 is 27.9. The Bertz CT molecular complexity index is 1040. The van der Waals surface area contributed by atoms with Gasteiger partial charge in [0, 0.05) is 23.6 Å². The fourth-order valence-electron chi connectivity index (χ4n) is 2.78. The van der Waals surface area contributed by atoms with Crippen LogP contribution in [0.3, 0.4) is 0 Å². The predicted octanol–water partition coefficient (Wildman–Crippen LogP) is 4.02. The third-order valence-electron chi connectivity index (χ3n) is 3.94. The van der Waals surface area contributed by atoms with E-state index in [0.29, 0.717) is 29.4 Å². The van der Waals surface area contributed by atoms with Crippen molar-refractivity contribution in [2.75, 3.05) is 5.75 Å². The maximum Gasteiger partial charge on any atom is 0.326 e. The number of nitrogens with zero attached hydrogens (tertiary/aromatic N) is 3. The molecule has 0 aliphatic rings. The molecule has 134 valence electrons. The van der Waals surface area contributed by atoms with Gasteiger partial charge in [-0.15, -0.1) is 11.8 Å². The summed E-state index contributed by atoms with van der Waals surface area (Å²) in [5.41, 5.74) is 1.53. The quantitative estimate of drug-likeness (QED) is 0.522. The van der Waals surface area contributed by atoms with Crippen molar-refractivity contribution in [2.45, 2.75) is 31.3 Å². The number of para-hydroxylation sites is 2. The number of nitrogens with one attached hydrogen (secondary N) is 1. The van der Waals surface area contributed by atoms with Crippen LogP contribution in [0, 0.1) is 18.3 Å². The molecule has 0 fully saturated rings. The lowest BCUT2D eigenvalue weighted by Crippen LogP contribution is -2.17. The largest absolute Gasteiger partial charge is 0.326 e. The Morgan fingerprint density at radius 3 is 2.88 bits per heavy atom. The van der Waals surface area contributed by atoms with E-state index in [1.165, 1.54) is 17.8 Å². The summed E-state index contributed by atoms with van der Waals surface area (Å²) in [4.78, 5) is 19.0. The van der Waals surface area contributed by atoms with Gasteiger partial charge in [0.25, 0.3) is 6.43 Å². The molecule has 0 aliphatic carbocycles. The zero-order valence-corrected chi connectivity index (χ0v) is 14.8. The Balaban J connectivity index is 1.72. The molecule has 2 heterocycles. The highest BCUT2D eigenvalue weighted by Crippen LogP contribution is 2.30. The van der Waals surface area contributed by atoms with E-state index in [-0.39, 0.29) is 16.8 Å². The second-order valence-corrected chi connectivity index (χ2v) is 6.83. The zero-order valence-electron chi connectivity index (χ0n) is 14.0. The van der Waals surface area contributed by atoms with Crippen molar-refractivity contribution >= 4 is 22.8 Å². The number of aromatic nitrogens is 3. The van der Waals surface area contributed by atoms with Crippen molar-refractivity contribution in [2.24, 2.45) is 0 Å². The molecule has 1 aromatic carbocycles. The molecule has 0 saturated carbocycles. The minimum Gasteiger partial charge on any atom is -0.306 e. The van der Waals surface area contributed by atoms with Crippen LogP contribution in [0.25, 0.3) is 11.0 Å². The summed E-state index contributed by atoms with van der Waals surface area (Å²) in [5, 5.41) is 9.53. The molecule has 1 N–H and O–H groups in total. The van der Waals surface area contributed by atoms with Gasteiger partial charge in [0.05, 0.1) is 16.6 Å². The minimum atomic E-state index is -2.71. The molecular formula is C18H16F2N4OS. The molecule has 5 nitrogen and oxygen atoms in total. The molecule has 8 heteroatoms. The van der Waals surface area contributed by atoms with E-state index in [2.05, 4.69) is 9.97 Å². The van der Waals surface area contributed by atoms with E-state index in [9.17, 15) is 18.8 Å².